The van der Waals surface area contributed by atoms with Crippen LogP contribution in [-0.4, -0.2) is 47.1 Å². The number of allylic oxidation sites excluding steroid dienone is 1. The van der Waals surface area contributed by atoms with Gasteiger partial charge in [-0.15, -0.1) is 0 Å². The maximum Gasteiger partial charge on any atom is 0.330 e. The molecule has 6 heteroatoms. The fraction of sp³-hybridized carbons (Fsp3) is 0.667. The summed E-state index contributed by atoms with van der Waals surface area (Å²) in [5, 5.41) is 20.1. The summed E-state index contributed by atoms with van der Waals surface area (Å²) in [5.74, 6) is -1.65. The highest BCUT2D eigenvalue weighted by Gasteiger charge is 2.40. The van der Waals surface area contributed by atoms with Crippen LogP contribution >= 0.6 is 0 Å². The minimum atomic E-state index is -0.811. The van der Waals surface area contributed by atoms with Gasteiger partial charge in [0.15, 0.2) is 0 Å². The van der Waals surface area contributed by atoms with Gasteiger partial charge in [-0.1, -0.05) is 44.4 Å². The Morgan fingerprint density at radius 2 is 2.07 bits per heavy atom. The number of methoxy groups -OCH3 is 1. The number of aliphatic hydroxyl groups is 2. The van der Waals surface area contributed by atoms with Crippen molar-refractivity contribution in [3.63, 3.8) is 0 Å². The molecule has 27 heavy (non-hydrogen) atoms. The standard InChI is InChI=1S/C21H32O6/c1-3-4-5-8-15(22)11-12-17-18(20(25)14-19(17)24)13-16(23)9-6-7-10-21(26)27-2/h7,10-12,15,17-19,22,24H,3-6,8-9,13-14H2,1-2H3/t15?,17-,18-,19?/m1/s1. The van der Waals surface area contributed by atoms with Gasteiger partial charge in [0.1, 0.15) is 11.6 Å². The predicted molar refractivity (Wildman–Crippen MR) is 102 cm³/mol. The molecule has 0 spiro atoms. The van der Waals surface area contributed by atoms with Gasteiger partial charge in [0.05, 0.1) is 19.3 Å². The number of esters is 1. The molecule has 6 nitrogen and oxygen atoms in total. The number of unbranched alkanes of at least 4 members (excludes halogenated alkanes) is 2. The number of rotatable bonds is 12. The molecule has 1 aliphatic rings. The zero-order valence-electron chi connectivity index (χ0n) is 16.3. The van der Waals surface area contributed by atoms with Gasteiger partial charge in [-0.3, -0.25) is 9.59 Å². The van der Waals surface area contributed by atoms with Crippen LogP contribution in [0.4, 0.5) is 0 Å². The van der Waals surface area contributed by atoms with E-state index in [2.05, 4.69) is 11.7 Å². The molecule has 0 aromatic heterocycles. The van der Waals surface area contributed by atoms with E-state index in [0.717, 1.165) is 19.3 Å². The van der Waals surface area contributed by atoms with Crippen molar-refractivity contribution in [3.05, 3.63) is 24.3 Å². The van der Waals surface area contributed by atoms with Crippen LogP contribution in [0.15, 0.2) is 24.3 Å². The highest BCUT2D eigenvalue weighted by Crippen LogP contribution is 2.33. The summed E-state index contributed by atoms with van der Waals surface area (Å²) < 4.78 is 4.47. The summed E-state index contributed by atoms with van der Waals surface area (Å²) in [5.41, 5.74) is 0. The number of ether oxygens (including phenoxy) is 1. The first kappa shape index (κ1) is 23.2. The van der Waals surface area contributed by atoms with Crippen molar-refractivity contribution in [2.45, 2.75) is 70.5 Å². The van der Waals surface area contributed by atoms with E-state index >= 15 is 0 Å². The van der Waals surface area contributed by atoms with Gasteiger partial charge < -0.3 is 14.9 Å². The maximum atomic E-state index is 12.2. The number of hydrogen-bond acceptors (Lipinski definition) is 6. The molecule has 0 saturated heterocycles. The third kappa shape index (κ3) is 8.63. The molecule has 0 aromatic carbocycles. The first-order valence-electron chi connectivity index (χ1n) is 9.72. The van der Waals surface area contributed by atoms with E-state index in [1.807, 2.05) is 0 Å². The van der Waals surface area contributed by atoms with Gasteiger partial charge in [-0.25, -0.2) is 4.79 Å². The molecule has 152 valence electrons. The molecule has 2 N–H and O–H groups in total. The van der Waals surface area contributed by atoms with Gasteiger partial charge in [-0.2, -0.15) is 0 Å². The largest absolute Gasteiger partial charge is 0.466 e. The average Bonchev–Trinajstić information content (AvgIpc) is 2.89. The SMILES string of the molecule is CCCCCC(O)C=C[C@H]1C(O)CC(=O)[C@@H]1CC(=O)CCC=CC(=O)OC. The van der Waals surface area contributed by atoms with Crippen LogP contribution < -0.4 is 0 Å². The molecule has 0 amide bonds. The summed E-state index contributed by atoms with van der Waals surface area (Å²) in [4.78, 5) is 35.3. The van der Waals surface area contributed by atoms with Crippen molar-refractivity contribution in [2.24, 2.45) is 11.8 Å². The first-order valence-corrected chi connectivity index (χ1v) is 9.72. The summed E-state index contributed by atoms with van der Waals surface area (Å²) in [6.45, 7) is 2.09. The van der Waals surface area contributed by atoms with Crippen LogP contribution in [0.3, 0.4) is 0 Å². The van der Waals surface area contributed by atoms with Crippen LogP contribution in [-0.2, 0) is 19.1 Å². The van der Waals surface area contributed by atoms with Crippen molar-refractivity contribution < 1.29 is 29.3 Å². The Bertz CT molecular complexity index is 551. The Kier molecular flexibility index (Phi) is 10.8. The Hall–Kier alpha value is -1.79. The molecule has 0 radical (unpaired) electrons. The molecule has 1 aliphatic carbocycles. The number of aliphatic hydroxyl groups excluding tert-OH is 2. The van der Waals surface area contributed by atoms with Crippen molar-refractivity contribution in [1.29, 1.82) is 0 Å². The second-order valence-electron chi connectivity index (χ2n) is 7.08. The fourth-order valence-corrected chi connectivity index (χ4v) is 3.28. The topological polar surface area (TPSA) is 101 Å². The molecular weight excluding hydrogens is 348 g/mol. The molecular formula is C21H32O6. The van der Waals surface area contributed by atoms with E-state index < -0.39 is 30.0 Å². The van der Waals surface area contributed by atoms with Crippen molar-refractivity contribution in [2.75, 3.05) is 7.11 Å². The van der Waals surface area contributed by atoms with E-state index in [-0.39, 0.29) is 30.8 Å². The van der Waals surface area contributed by atoms with Gasteiger partial charge in [0.2, 0.25) is 0 Å². The van der Waals surface area contributed by atoms with Crippen molar-refractivity contribution in [3.8, 4) is 0 Å². The summed E-state index contributed by atoms with van der Waals surface area (Å²) in [6.07, 6.45) is 9.20. The maximum absolute atomic E-state index is 12.2. The zero-order chi connectivity index (χ0) is 20.2. The van der Waals surface area contributed by atoms with Crippen LogP contribution in [0.1, 0.15) is 58.3 Å². The van der Waals surface area contributed by atoms with Gasteiger partial charge in [-0.05, 0) is 12.8 Å². The molecule has 0 aliphatic heterocycles. The molecule has 1 saturated carbocycles. The minimum Gasteiger partial charge on any atom is -0.466 e. The number of carbonyl (C=O) groups excluding carboxylic acids is 3. The number of Topliss-reactive ketones (excluding diaryl/α,β-unsaturated/α-hetero) is 2. The van der Waals surface area contributed by atoms with Crippen molar-refractivity contribution >= 4 is 17.5 Å². The summed E-state index contributed by atoms with van der Waals surface area (Å²) in [6, 6.07) is 0. The lowest BCUT2D eigenvalue weighted by atomic mass is 9.88. The Morgan fingerprint density at radius 1 is 1.33 bits per heavy atom. The highest BCUT2D eigenvalue weighted by atomic mass is 16.5. The highest BCUT2D eigenvalue weighted by molar-refractivity contribution is 5.90. The second kappa shape index (κ2) is 12.6. The van der Waals surface area contributed by atoms with E-state index in [4.69, 9.17) is 0 Å². The van der Waals surface area contributed by atoms with Gasteiger partial charge in [0, 0.05) is 37.2 Å². The molecule has 0 bridgehead atoms. The van der Waals surface area contributed by atoms with Crippen LogP contribution in [0.25, 0.3) is 0 Å². The fourth-order valence-electron chi connectivity index (χ4n) is 3.28. The molecule has 0 aromatic rings. The van der Waals surface area contributed by atoms with Gasteiger partial charge >= 0.3 is 5.97 Å². The third-order valence-electron chi connectivity index (χ3n) is 4.88. The van der Waals surface area contributed by atoms with E-state index in [9.17, 15) is 24.6 Å². The Morgan fingerprint density at radius 3 is 2.74 bits per heavy atom. The quantitative estimate of drug-likeness (QED) is 0.233. The second-order valence-corrected chi connectivity index (χ2v) is 7.08. The molecule has 1 rings (SSSR count). The first-order chi connectivity index (χ1) is 12.9. The summed E-state index contributed by atoms with van der Waals surface area (Å²) >= 11 is 0. The molecule has 2 unspecified atom stereocenters. The monoisotopic (exact) mass is 380 g/mol. The van der Waals surface area contributed by atoms with Gasteiger partial charge in [0.25, 0.3) is 0 Å². The van der Waals surface area contributed by atoms with Crippen LogP contribution in [0, 0.1) is 11.8 Å². The van der Waals surface area contributed by atoms with Crippen LogP contribution in [0.5, 0.6) is 0 Å². The smallest absolute Gasteiger partial charge is 0.330 e. The average molecular weight is 380 g/mol. The van der Waals surface area contributed by atoms with E-state index in [1.54, 1.807) is 18.2 Å². The predicted octanol–water partition coefficient (Wildman–Crippen LogP) is 2.52. The molecule has 4 atom stereocenters. The molecule has 0 heterocycles. The normalized spacial score (nSPS) is 24.0. The Balaban J connectivity index is 2.55. The van der Waals surface area contributed by atoms with Crippen LogP contribution in [0.2, 0.25) is 0 Å². The van der Waals surface area contributed by atoms with Crippen molar-refractivity contribution in [1.82, 2.24) is 0 Å². The number of carbonyl (C=O) groups is 3. The molecule has 1 fully saturated rings. The zero-order valence-corrected chi connectivity index (χ0v) is 16.3. The lowest BCUT2D eigenvalue weighted by Gasteiger charge is -2.17. The number of ketones is 2. The van der Waals surface area contributed by atoms with E-state index in [0.29, 0.717) is 12.8 Å². The third-order valence-corrected chi connectivity index (χ3v) is 4.88. The lowest BCUT2D eigenvalue weighted by Crippen LogP contribution is -2.22. The summed E-state index contributed by atoms with van der Waals surface area (Å²) in [7, 11) is 1.28. The van der Waals surface area contributed by atoms with E-state index in [1.165, 1.54) is 13.2 Å². The lowest BCUT2D eigenvalue weighted by molar-refractivity contribution is -0.134. The minimum absolute atomic E-state index is 0.0428. The number of hydrogen-bond donors (Lipinski definition) is 2. The Labute approximate surface area is 161 Å².